The van der Waals surface area contributed by atoms with Gasteiger partial charge in [0.2, 0.25) is 5.91 Å². The van der Waals surface area contributed by atoms with E-state index in [2.05, 4.69) is 11.9 Å². The fourth-order valence-electron chi connectivity index (χ4n) is 2.33. The number of rotatable bonds is 10. The summed E-state index contributed by atoms with van der Waals surface area (Å²) in [6, 6.07) is 0. The molecule has 1 fully saturated rings. The van der Waals surface area contributed by atoms with E-state index < -0.39 is 16.1 Å². The normalized spacial score (nSPS) is 16.7. The molecular weight excluding hydrogens is 366 g/mol. The molecule has 2 N–H and O–H groups in total. The summed E-state index contributed by atoms with van der Waals surface area (Å²) in [6.07, 6.45) is 4.14. The third kappa shape index (κ3) is 7.22. The number of carbonyl (C=O) groups excluding carboxylic acids is 1. The Hall–Kier alpha value is -1.47. The van der Waals surface area contributed by atoms with Crippen LogP contribution in [0.2, 0.25) is 0 Å². The molecule has 1 rings (SSSR count). The molecular formula is C20H33NO5S. The Balaban J connectivity index is 2.87. The number of thioether (sulfide) groups is 1. The first-order chi connectivity index (χ1) is 12.5. The SMILES string of the molecule is C=C(/C=C(/NC(=O)C(C)(C)SC1CCOCC1)OCCC)C(C)(C)C(=O)O. The van der Waals surface area contributed by atoms with Crippen molar-refractivity contribution in [3.05, 3.63) is 24.1 Å². The Morgan fingerprint density at radius 2 is 1.89 bits per heavy atom. The molecule has 0 bridgehead atoms. The molecule has 0 aliphatic carbocycles. The highest BCUT2D eigenvalue weighted by Gasteiger charge is 2.34. The van der Waals surface area contributed by atoms with Crippen LogP contribution in [0.25, 0.3) is 0 Å². The van der Waals surface area contributed by atoms with E-state index in [4.69, 9.17) is 9.47 Å². The maximum atomic E-state index is 12.8. The van der Waals surface area contributed by atoms with E-state index in [1.165, 1.54) is 6.08 Å². The van der Waals surface area contributed by atoms with E-state index in [0.29, 0.717) is 17.4 Å². The van der Waals surface area contributed by atoms with Gasteiger partial charge in [0, 0.05) is 24.5 Å². The molecule has 1 saturated heterocycles. The lowest BCUT2D eigenvalue weighted by Gasteiger charge is -2.31. The Bertz CT molecular complexity index is 577. The van der Waals surface area contributed by atoms with Crippen LogP contribution in [0.3, 0.4) is 0 Å². The molecule has 0 aromatic rings. The van der Waals surface area contributed by atoms with Crippen molar-refractivity contribution >= 4 is 23.6 Å². The van der Waals surface area contributed by atoms with Gasteiger partial charge in [0.05, 0.1) is 16.8 Å². The zero-order chi connectivity index (χ0) is 20.7. The minimum Gasteiger partial charge on any atom is -0.481 e. The molecule has 0 radical (unpaired) electrons. The van der Waals surface area contributed by atoms with Gasteiger partial charge in [0.1, 0.15) is 0 Å². The van der Waals surface area contributed by atoms with Crippen LogP contribution in [0, 0.1) is 5.41 Å². The number of carboxylic acid groups (broad SMARTS) is 1. The van der Waals surface area contributed by atoms with Crippen molar-refractivity contribution in [2.75, 3.05) is 19.8 Å². The summed E-state index contributed by atoms with van der Waals surface area (Å²) in [5.41, 5.74) is -0.797. The molecule has 154 valence electrons. The van der Waals surface area contributed by atoms with Gasteiger partial charge in [-0.25, -0.2) is 0 Å². The average molecular weight is 400 g/mol. The Labute approximate surface area is 166 Å². The van der Waals surface area contributed by atoms with E-state index in [-0.39, 0.29) is 11.8 Å². The summed E-state index contributed by atoms with van der Waals surface area (Å²) in [7, 11) is 0. The number of hydrogen-bond acceptors (Lipinski definition) is 5. The van der Waals surface area contributed by atoms with Gasteiger partial charge < -0.3 is 14.6 Å². The van der Waals surface area contributed by atoms with E-state index in [9.17, 15) is 14.7 Å². The van der Waals surface area contributed by atoms with Crippen LogP contribution in [0.4, 0.5) is 0 Å². The van der Waals surface area contributed by atoms with E-state index in [1.54, 1.807) is 25.6 Å². The minimum absolute atomic E-state index is 0.178. The molecule has 27 heavy (non-hydrogen) atoms. The monoisotopic (exact) mass is 399 g/mol. The molecule has 0 saturated carbocycles. The van der Waals surface area contributed by atoms with Gasteiger partial charge in [-0.05, 0) is 52.5 Å². The minimum atomic E-state index is -1.15. The van der Waals surface area contributed by atoms with Crippen LogP contribution in [-0.4, -0.2) is 46.8 Å². The smallest absolute Gasteiger partial charge is 0.313 e. The Kier molecular flexibility index (Phi) is 8.88. The molecule has 0 spiro atoms. The standard InChI is InChI=1S/C20H33NO5S/c1-7-10-26-16(13-14(2)19(3,4)18(23)24)21-17(22)20(5,6)27-15-8-11-25-12-9-15/h13,15H,2,7-12H2,1,3-6H3,(H,21,22)(H,23,24)/b16-13-. The molecule has 1 aliphatic heterocycles. The quantitative estimate of drug-likeness (QED) is 0.430. The summed E-state index contributed by atoms with van der Waals surface area (Å²) in [4.78, 5) is 24.3. The molecule has 0 unspecified atom stereocenters. The highest BCUT2D eigenvalue weighted by Crippen LogP contribution is 2.34. The Morgan fingerprint density at radius 3 is 2.41 bits per heavy atom. The number of allylic oxidation sites excluding steroid dienone is 1. The maximum Gasteiger partial charge on any atom is 0.313 e. The van der Waals surface area contributed by atoms with Crippen molar-refractivity contribution in [2.24, 2.45) is 5.41 Å². The molecule has 0 atom stereocenters. The summed E-state index contributed by atoms with van der Waals surface area (Å²) >= 11 is 1.63. The summed E-state index contributed by atoms with van der Waals surface area (Å²) < 4.78 is 10.4. The van der Waals surface area contributed by atoms with Gasteiger partial charge in [0.25, 0.3) is 0 Å². The zero-order valence-electron chi connectivity index (χ0n) is 17.1. The molecule has 1 heterocycles. The molecule has 0 aromatic carbocycles. The van der Waals surface area contributed by atoms with Crippen molar-refractivity contribution in [1.29, 1.82) is 0 Å². The molecule has 7 heteroatoms. The number of nitrogens with one attached hydrogen (secondary N) is 1. The summed E-state index contributed by atoms with van der Waals surface area (Å²) in [5.74, 6) is -0.926. The first-order valence-corrected chi connectivity index (χ1v) is 10.2. The van der Waals surface area contributed by atoms with Crippen molar-refractivity contribution in [3.8, 4) is 0 Å². The molecule has 1 amide bonds. The van der Waals surface area contributed by atoms with E-state index >= 15 is 0 Å². The predicted molar refractivity (Wildman–Crippen MR) is 109 cm³/mol. The third-order valence-electron chi connectivity index (χ3n) is 4.52. The zero-order valence-corrected chi connectivity index (χ0v) is 17.9. The number of aliphatic carboxylic acids is 1. The first-order valence-electron chi connectivity index (χ1n) is 9.35. The second-order valence-electron chi connectivity index (χ2n) is 7.71. The fraction of sp³-hybridized carbons (Fsp3) is 0.700. The highest BCUT2D eigenvalue weighted by atomic mass is 32.2. The van der Waals surface area contributed by atoms with Gasteiger partial charge >= 0.3 is 5.97 Å². The molecule has 0 aromatic heterocycles. The van der Waals surface area contributed by atoms with Gasteiger partial charge in [-0.2, -0.15) is 0 Å². The second-order valence-corrected chi connectivity index (χ2v) is 9.63. The van der Waals surface area contributed by atoms with Crippen LogP contribution in [0.1, 0.15) is 53.9 Å². The molecule has 6 nitrogen and oxygen atoms in total. The van der Waals surface area contributed by atoms with Crippen molar-refractivity contribution in [3.63, 3.8) is 0 Å². The van der Waals surface area contributed by atoms with Gasteiger partial charge in [-0.15, -0.1) is 11.8 Å². The van der Waals surface area contributed by atoms with Gasteiger partial charge in [-0.1, -0.05) is 13.5 Å². The number of carboxylic acids is 1. The van der Waals surface area contributed by atoms with E-state index in [1.807, 2.05) is 20.8 Å². The van der Waals surface area contributed by atoms with Crippen molar-refractivity contribution < 1.29 is 24.2 Å². The van der Waals surface area contributed by atoms with Gasteiger partial charge in [0.15, 0.2) is 5.88 Å². The predicted octanol–water partition coefficient (Wildman–Crippen LogP) is 3.73. The van der Waals surface area contributed by atoms with Crippen molar-refractivity contribution in [2.45, 2.75) is 63.9 Å². The van der Waals surface area contributed by atoms with Crippen LogP contribution < -0.4 is 5.32 Å². The summed E-state index contributed by atoms with van der Waals surface area (Å²) in [5, 5.41) is 12.6. The van der Waals surface area contributed by atoms with Crippen LogP contribution in [0.5, 0.6) is 0 Å². The topological polar surface area (TPSA) is 84.9 Å². The maximum absolute atomic E-state index is 12.8. The van der Waals surface area contributed by atoms with E-state index in [0.717, 1.165) is 32.5 Å². The largest absolute Gasteiger partial charge is 0.481 e. The highest BCUT2D eigenvalue weighted by molar-refractivity contribution is 8.01. The van der Waals surface area contributed by atoms with Crippen LogP contribution in [0.15, 0.2) is 24.1 Å². The van der Waals surface area contributed by atoms with Crippen molar-refractivity contribution in [1.82, 2.24) is 5.32 Å². The lowest BCUT2D eigenvalue weighted by Crippen LogP contribution is -2.42. The number of ether oxygens (including phenoxy) is 2. The summed E-state index contributed by atoms with van der Waals surface area (Å²) in [6.45, 7) is 14.6. The number of amides is 1. The number of carbonyl (C=O) groups is 2. The van der Waals surface area contributed by atoms with Gasteiger partial charge in [-0.3, -0.25) is 14.9 Å². The molecule has 1 aliphatic rings. The lowest BCUT2D eigenvalue weighted by molar-refractivity contribution is -0.144. The fourth-order valence-corrected chi connectivity index (χ4v) is 3.75. The first kappa shape index (κ1) is 23.6. The Morgan fingerprint density at radius 1 is 1.30 bits per heavy atom. The average Bonchev–Trinajstić information content (AvgIpc) is 2.59. The van der Waals surface area contributed by atoms with Crippen LogP contribution >= 0.6 is 11.8 Å². The van der Waals surface area contributed by atoms with Crippen LogP contribution in [-0.2, 0) is 19.1 Å². The number of hydrogen-bond donors (Lipinski definition) is 2. The lowest BCUT2D eigenvalue weighted by atomic mass is 9.85. The third-order valence-corrected chi connectivity index (χ3v) is 6.10. The second kappa shape index (κ2) is 10.2.